The van der Waals surface area contributed by atoms with Gasteiger partial charge < -0.3 is 0 Å². The maximum Gasteiger partial charge on any atom is 0.0728 e. The molecule has 0 radical (unpaired) electrons. The van der Waals surface area contributed by atoms with Crippen LogP contribution in [0.15, 0.2) is 133 Å². The normalized spacial score (nSPS) is 14.7. The van der Waals surface area contributed by atoms with Crippen molar-refractivity contribution in [3.8, 4) is 20.9 Å². The van der Waals surface area contributed by atoms with Crippen LogP contribution >= 0.6 is 22.7 Å². The first-order chi connectivity index (χ1) is 25.2. The van der Waals surface area contributed by atoms with E-state index in [4.69, 9.17) is 0 Å². The summed E-state index contributed by atoms with van der Waals surface area (Å²) in [7, 11) is 0. The average molecular weight is 705 g/mol. The molecule has 0 bridgehead atoms. The van der Waals surface area contributed by atoms with Crippen molar-refractivity contribution in [2.45, 2.75) is 52.4 Å². The summed E-state index contributed by atoms with van der Waals surface area (Å²) in [4.78, 5) is 5.50. The molecular formula is C50H40S2. The first-order valence-electron chi connectivity index (χ1n) is 18.3. The van der Waals surface area contributed by atoms with E-state index in [-0.39, 0.29) is 0 Å². The van der Waals surface area contributed by atoms with Crippen molar-refractivity contribution in [2.75, 3.05) is 0 Å². The zero-order valence-corrected chi connectivity index (χ0v) is 32.2. The third-order valence-corrected chi connectivity index (χ3v) is 14.1. The molecule has 2 heterocycles. The van der Waals surface area contributed by atoms with Crippen LogP contribution in [0.1, 0.15) is 76.5 Å². The van der Waals surface area contributed by atoms with Crippen molar-refractivity contribution in [3.63, 3.8) is 0 Å². The smallest absolute Gasteiger partial charge is 0.0728 e. The van der Waals surface area contributed by atoms with E-state index in [1.165, 1.54) is 108 Å². The van der Waals surface area contributed by atoms with Crippen LogP contribution < -0.4 is 0 Å². The van der Waals surface area contributed by atoms with Gasteiger partial charge in [-0.05, 0) is 120 Å². The van der Waals surface area contributed by atoms with E-state index in [2.05, 4.69) is 175 Å². The topological polar surface area (TPSA) is 0 Å². The lowest BCUT2D eigenvalue weighted by Crippen LogP contribution is -2.30. The van der Waals surface area contributed by atoms with E-state index in [0.29, 0.717) is 0 Å². The SMILES string of the molecule is Cc1ccc(C2(c3ccc(C)cc3)c3cc(C)sc3-c3ccc4c5c(ccc4c32)-c2sc(C)cc2C5(c2ccc(C)cc2)c2ccc(C)cc2)cc1. The maximum atomic E-state index is 2.47. The van der Waals surface area contributed by atoms with Gasteiger partial charge >= 0.3 is 0 Å². The van der Waals surface area contributed by atoms with Gasteiger partial charge in [0, 0.05) is 19.5 Å². The highest BCUT2D eigenvalue weighted by Crippen LogP contribution is 2.64. The Morgan fingerprint density at radius 2 is 0.635 bits per heavy atom. The van der Waals surface area contributed by atoms with Crippen LogP contribution in [0.5, 0.6) is 0 Å². The maximum absolute atomic E-state index is 2.47. The Hall–Kier alpha value is -5.02. The molecule has 252 valence electrons. The predicted molar refractivity (Wildman–Crippen MR) is 223 cm³/mol. The molecule has 2 heteroatoms. The minimum absolute atomic E-state index is 0.457. The molecule has 10 rings (SSSR count). The fourth-order valence-electron chi connectivity index (χ4n) is 9.59. The summed E-state index contributed by atoms with van der Waals surface area (Å²) in [6.07, 6.45) is 0. The highest BCUT2D eigenvalue weighted by molar-refractivity contribution is 7.16. The monoisotopic (exact) mass is 704 g/mol. The van der Waals surface area contributed by atoms with Crippen LogP contribution in [0, 0.1) is 41.5 Å². The third-order valence-electron chi connectivity index (χ3n) is 11.9. The second-order valence-corrected chi connectivity index (χ2v) is 17.7. The lowest BCUT2D eigenvalue weighted by atomic mass is 9.64. The number of benzene rings is 6. The summed E-state index contributed by atoms with van der Waals surface area (Å²) in [5.74, 6) is 0. The molecular weight excluding hydrogens is 665 g/mol. The number of rotatable bonds is 4. The lowest BCUT2D eigenvalue weighted by Gasteiger charge is -2.36. The predicted octanol–water partition coefficient (Wildman–Crippen LogP) is 13.5. The van der Waals surface area contributed by atoms with Gasteiger partial charge in [-0.3, -0.25) is 0 Å². The van der Waals surface area contributed by atoms with E-state index in [0.717, 1.165) is 0 Å². The second kappa shape index (κ2) is 11.2. The molecule has 0 fully saturated rings. The van der Waals surface area contributed by atoms with Crippen LogP contribution in [0.3, 0.4) is 0 Å². The van der Waals surface area contributed by atoms with E-state index in [1.54, 1.807) is 0 Å². The lowest BCUT2D eigenvalue weighted by molar-refractivity contribution is 0.770. The summed E-state index contributed by atoms with van der Waals surface area (Å²) in [5.41, 5.74) is 17.9. The molecule has 0 spiro atoms. The molecule has 6 aromatic carbocycles. The van der Waals surface area contributed by atoms with Crippen LogP contribution in [-0.2, 0) is 10.8 Å². The van der Waals surface area contributed by atoms with E-state index >= 15 is 0 Å². The quantitative estimate of drug-likeness (QED) is 0.171. The van der Waals surface area contributed by atoms with Crippen LogP contribution in [-0.4, -0.2) is 0 Å². The van der Waals surface area contributed by atoms with E-state index in [1.807, 2.05) is 22.7 Å². The molecule has 2 aliphatic rings. The van der Waals surface area contributed by atoms with Crippen molar-refractivity contribution < 1.29 is 0 Å². The molecule has 8 aromatic rings. The molecule has 0 nitrogen and oxygen atoms in total. The van der Waals surface area contributed by atoms with Crippen molar-refractivity contribution in [1.29, 1.82) is 0 Å². The van der Waals surface area contributed by atoms with Crippen molar-refractivity contribution in [2.24, 2.45) is 0 Å². The Morgan fingerprint density at radius 3 is 0.923 bits per heavy atom. The number of hydrogen-bond acceptors (Lipinski definition) is 2. The number of thiophene rings is 2. The van der Waals surface area contributed by atoms with Gasteiger partial charge in [-0.2, -0.15) is 0 Å². The highest BCUT2D eigenvalue weighted by Gasteiger charge is 2.51. The molecule has 0 saturated carbocycles. The molecule has 0 saturated heterocycles. The number of hydrogen-bond donors (Lipinski definition) is 0. The molecule has 0 aliphatic heterocycles. The number of fused-ring (bicyclic) bond motifs is 9. The van der Waals surface area contributed by atoms with Crippen molar-refractivity contribution in [3.05, 3.63) is 210 Å². The first kappa shape index (κ1) is 31.7. The Kier molecular flexibility index (Phi) is 6.85. The van der Waals surface area contributed by atoms with E-state index < -0.39 is 10.8 Å². The molecule has 2 aromatic heterocycles. The average Bonchev–Trinajstić information content (AvgIpc) is 3.86. The molecule has 0 atom stereocenters. The molecule has 0 unspecified atom stereocenters. The largest absolute Gasteiger partial charge is 0.140 e. The Morgan fingerprint density at radius 1 is 0.346 bits per heavy atom. The van der Waals surface area contributed by atoms with Gasteiger partial charge in [-0.15, -0.1) is 22.7 Å². The minimum Gasteiger partial charge on any atom is -0.140 e. The zero-order chi connectivity index (χ0) is 35.5. The van der Waals surface area contributed by atoms with Crippen LogP contribution in [0.25, 0.3) is 31.7 Å². The first-order valence-corrected chi connectivity index (χ1v) is 20.0. The fourth-order valence-corrected chi connectivity index (χ4v) is 11.8. The van der Waals surface area contributed by atoms with Crippen LogP contribution in [0.2, 0.25) is 0 Å². The van der Waals surface area contributed by atoms with Gasteiger partial charge in [-0.25, -0.2) is 0 Å². The summed E-state index contributed by atoms with van der Waals surface area (Å²) in [6.45, 7) is 13.3. The fraction of sp³-hybridized carbons (Fsp3) is 0.160. The van der Waals surface area contributed by atoms with Crippen molar-refractivity contribution in [1.82, 2.24) is 0 Å². The van der Waals surface area contributed by atoms with Crippen LogP contribution in [0.4, 0.5) is 0 Å². The van der Waals surface area contributed by atoms with Gasteiger partial charge in [0.05, 0.1) is 10.8 Å². The molecule has 2 aliphatic carbocycles. The van der Waals surface area contributed by atoms with Crippen molar-refractivity contribution >= 4 is 33.4 Å². The van der Waals surface area contributed by atoms with Gasteiger partial charge in [0.1, 0.15) is 0 Å². The third kappa shape index (κ3) is 4.14. The Labute approximate surface area is 315 Å². The Balaban J connectivity index is 1.39. The molecule has 0 N–H and O–H groups in total. The summed E-state index contributed by atoms with van der Waals surface area (Å²) in [5, 5.41) is 2.68. The second-order valence-electron chi connectivity index (χ2n) is 15.2. The Bertz CT molecular complexity index is 2420. The zero-order valence-electron chi connectivity index (χ0n) is 30.5. The summed E-state index contributed by atoms with van der Waals surface area (Å²) < 4.78 is 0. The number of aryl methyl sites for hydroxylation is 6. The van der Waals surface area contributed by atoms with Gasteiger partial charge in [0.2, 0.25) is 0 Å². The molecule has 0 amide bonds. The highest BCUT2D eigenvalue weighted by atomic mass is 32.1. The minimum atomic E-state index is -0.457. The summed E-state index contributed by atoms with van der Waals surface area (Å²) >= 11 is 3.88. The van der Waals surface area contributed by atoms with Gasteiger partial charge in [0.25, 0.3) is 0 Å². The van der Waals surface area contributed by atoms with Gasteiger partial charge in [0.15, 0.2) is 0 Å². The molecule has 52 heavy (non-hydrogen) atoms. The standard InChI is InChI=1S/C50H40S2/c1-29-7-15-35(16-8-29)49(36-17-9-30(2)10-18-36)43-27-33(5)51-47(43)41-25-24-40-39(45(41)49)23-26-42-46(40)50(37-19-11-31(3)12-20-37,38-21-13-32(4)14-22-38)44-28-34(6)52-48(42)44/h7-28H,1-6H3. The van der Waals surface area contributed by atoms with E-state index in [9.17, 15) is 0 Å². The summed E-state index contributed by atoms with van der Waals surface area (Å²) in [6, 6.07) is 52.3. The van der Waals surface area contributed by atoms with Gasteiger partial charge in [-0.1, -0.05) is 144 Å².